The van der Waals surface area contributed by atoms with Crippen molar-refractivity contribution in [3.05, 3.63) is 76.0 Å². The summed E-state index contributed by atoms with van der Waals surface area (Å²) in [5.74, 6) is 1.65. The van der Waals surface area contributed by atoms with E-state index in [2.05, 4.69) is 39.6 Å². The van der Waals surface area contributed by atoms with Crippen molar-refractivity contribution in [2.45, 2.75) is 39.4 Å². The molecule has 0 bridgehead atoms. The second-order valence-corrected chi connectivity index (χ2v) is 8.09. The van der Waals surface area contributed by atoms with Crippen LogP contribution in [0.1, 0.15) is 30.4 Å². The van der Waals surface area contributed by atoms with Gasteiger partial charge in [0.15, 0.2) is 0 Å². The number of aryl methyl sites for hydroxylation is 1. The second-order valence-electron chi connectivity index (χ2n) is 8.09. The smallest absolute Gasteiger partial charge is 0.255 e. The third kappa shape index (κ3) is 3.72. The Morgan fingerprint density at radius 1 is 1.10 bits per heavy atom. The van der Waals surface area contributed by atoms with Gasteiger partial charge < -0.3 is 15.3 Å². The molecule has 0 saturated carbocycles. The van der Waals surface area contributed by atoms with E-state index in [9.17, 15) is 4.79 Å². The SMILES string of the molecule is CCCn1c(CN2CCc3nc(-c4ccc(N)cc4)[nH]c(=O)c3C2)nc2ccccc21. The van der Waals surface area contributed by atoms with E-state index >= 15 is 0 Å². The van der Waals surface area contributed by atoms with Crippen LogP contribution >= 0.6 is 0 Å². The van der Waals surface area contributed by atoms with Gasteiger partial charge in [0.1, 0.15) is 11.6 Å². The summed E-state index contributed by atoms with van der Waals surface area (Å²) in [4.78, 5) is 27.7. The van der Waals surface area contributed by atoms with Crippen LogP contribution in [0.5, 0.6) is 0 Å². The van der Waals surface area contributed by atoms with Gasteiger partial charge >= 0.3 is 0 Å². The summed E-state index contributed by atoms with van der Waals surface area (Å²) < 4.78 is 2.30. The predicted octanol–water partition coefficient (Wildman–Crippen LogP) is 3.34. The third-order valence-corrected chi connectivity index (χ3v) is 5.88. The highest BCUT2D eigenvalue weighted by Crippen LogP contribution is 2.22. The maximum Gasteiger partial charge on any atom is 0.255 e. The number of nitrogens with two attached hydrogens (primary N) is 1. The van der Waals surface area contributed by atoms with Crippen molar-refractivity contribution in [3.8, 4) is 11.4 Å². The van der Waals surface area contributed by atoms with Gasteiger partial charge in [-0.25, -0.2) is 9.97 Å². The van der Waals surface area contributed by atoms with Crippen molar-refractivity contribution >= 4 is 16.7 Å². The molecular formula is C24H26N6O. The molecule has 158 valence electrons. The van der Waals surface area contributed by atoms with Gasteiger partial charge in [-0.15, -0.1) is 0 Å². The number of H-pyrrole nitrogens is 1. The van der Waals surface area contributed by atoms with E-state index in [1.807, 2.05) is 30.3 Å². The van der Waals surface area contributed by atoms with Crippen molar-refractivity contribution in [1.82, 2.24) is 24.4 Å². The van der Waals surface area contributed by atoms with Crippen molar-refractivity contribution in [1.29, 1.82) is 0 Å². The largest absolute Gasteiger partial charge is 0.399 e. The second kappa shape index (κ2) is 8.00. The number of anilines is 1. The molecule has 0 spiro atoms. The first-order chi connectivity index (χ1) is 15.1. The van der Waals surface area contributed by atoms with Crippen LogP contribution in [0.2, 0.25) is 0 Å². The molecular weight excluding hydrogens is 388 g/mol. The molecule has 7 heteroatoms. The minimum atomic E-state index is -0.0661. The fourth-order valence-electron chi connectivity index (χ4n) is 4.31. The number of nitrogen functional groups attached to an aromatic ring is 1. The molecule has 3 N–H and O–H groups in total. The summed E-state index contributed by atoms with van der Waals surface area (Å²) in [5, 5.41) is 0. The van der Waals surface area contributed by atoms with E-state index in [-0.39, 0.29) is 5.56 Å². The first-order valence-corrected chi connectivity index (χ1v) is 10.8. The fourth-order valence-corrected chi connectivity index (χ4v) is 4.31. The van der Waals surface area contributed by atoms with Gasteiger partial charge in [-0.3, -0.25) is 9.69 Å². The molecule has 0 atom stereocenters. The van der Waals surface area contributed by atoms with E-state index in [4.69, 9.17) is 15.7 Å². The number of nitrogens with one attached hydrogen (secondary N) is 1. The van der Waals surface area contributed by atoms with Crippen LogP contribution < -0.4 is 11.3 Å². The third-order valence-electron chi connectivity index (χ3n) is 5.88. The van der Waals surface area contributed by atoms with Gasteiger partial charge in [-0.2, -0.15) is 0 Å². The summed E-state index contributed by atoms with van der Waals surface area (Å²) in [6, 6.07) is 15.7. The summed E-state index contributed by atoms with van der Waals surface area (Å²) in [6.45, 7) is 5.26. The summed E-state index contributed by atoms with van der Waals surface area (Å²) in [7, 11) is 0. The summed E-state index contributed by atoms with van der Waals surface area (Å²) >= 11 is 0. The minimum Gasteiger partial charge on any atom is -0.399 e. The number of aromatic amines is 1. The first kappa shape index (κ1) is 19.5. The van der Waals surface area contributed by atoms with Gasteiger partial charge in [0, 0.05) is 37.3 Å². The molecule has 2 aromatic heterocycles. The Kier molecular flexibility index (Phi) is 5.03. The Hall–Kier alpha value is -3.45. The molecule has 0 unspecified atom stereocenters. The maximum atomic E-state index is 12.9. The van der Waals surface area contributed by atoms with Gasteiger partial charge in [-0.1, -0.05) is 19.1 Å². The topological polar surface area (TPSA) is 92.8 Å². The highest BCUT2D eigenvalue weighted by atomic mass is 16.1. The molecule has 31 heavy (non-hydrogen) atoms. The molecule has 4 aromatic rings. The Morgan fingerprint density at radius 2 is 1.90 bits per heavy atom. The van der Waals surface area contributed by atoms with Gasteiger partial charge in [0.05, 0.1) is 28.8 Å². The molecule has 1 aliphatic heterocycles. The lowest BCUT2D eigenvalue weighted by Gasteiger charge is -2.27. The van der Waals surface area contributed by atoms with Crippen molar-refractivity contribution in [3.63, 3.8) is 0 Å². The Balaban J connectivity index is 1.41. The summed E-state index contributed by atoms with van der Waals surface area (Å²) in [6.07, 6.45) is 1.79. The van der Waals surface area contributed by atoms with Crippen molar-refractivity contribution < 1.29 is 0 Å². The lowest BCUT2D eigenvalue weighted by molar-refractivity contribution is 0.233. The van der Waals surface area contributed by atoms with Gasteiger partial charge in [0.2, 0.25) is 0 Å². The van der Waals surface area contributed by atoms with Crippen LogP contribution in [0.3, 0.4) is 0 Å². The van der Waals surface area contributed by atoms with Crippen LogP contribution in [0.15, 0.2) is 53.3 Å². The van der Waals surface area contributed by atoms with Crippen LogP contribution in [0.25, 0.3) is 22.4 Å². The quantitative estimate of drug-likeness (QED) is 0.489. The van der Waals surface area contributed by atoms with E-state index in [0.717, 1.165) is 54.1 Å². The number of hydrogen-bond acceptors (Lipinski definition) is 5. The van der Waals surface area contributed by atoms with Crippen LogP contribution in [-0.2, 0) is 26.1 Å². The Labute approximate surface area is 180 Å². The lowest BCUT2D eigenvalue weighted by atomic mass is 10.1. The first-order valence-electron chi connectivity index (χ1n) is 10.8. The monoisotopic (exact) mass is 414 g/mol. The molecule has 2 aromatic carbocycles. The van der Waals surface area contributed by atoms with Crippen molar-refractivity contribution in [2.24, 2.45) is 0 Å². The van der Waals surface area contributed by atoms with Crippen LogP contribution in [0.4, 0.5) is 5.69 Å². The van der Waals surface area contributed by atoms with E-state index < -0.39 is 0 Å². The Bertz CT molecular complexity index is 1290. The number of para-hydroxylation sites is 2. The van der Waals surface area contributed by atoms with Crippen LogP contribution in [0, 0.1) is 0 Å². The zero-order chi connectivity index (χ0) is 21.4. The van der Waals surface area contributed by atoms with E-state index in [1.165, 1.54) is 5.52 Å². The molecule has 1 aliphatic rings. The minimum absolute atomic E-state index is 0.0661. The van der Waals surface area contributed by atoms with Gasteiger partial charge in [0.25, 0.3) is 5.56 Å². The normalized spacial score (nSPS) is 14.1. The number of imidazole rings is 1. The fraction of sp³-hybridized carbons (Fsp3) is 0.292. The molecule has 0 saturated heterocycles. The number of fused-ring (bicyclic) bond motifs is 2. The lowest BCUT2D eigenvalue weighted by Crippen LogP contribution is -2.36. The van der Waals surface area contributed by atoms with Crippen LogP contribution in [-0.4, -0.2) is 31.0 Å². The predicted molar refractivity (Wildman–Crippen MR) is 123 cm³/mol. The molecule has 0 amide bonds. The van der Waals surface area contributed by atoms with E-state index in [1.54, 1.807) is 0 Å². The maximum absolute atomic E-state index is 12.9. The zero-order valence-electron chi connectivity index (χ0n) is 17.6. The molecule has 0 fully saturated rings. The highest BCUT2D eigenvalue weighted by molar-refractivity contribution is 5.75. The van der Waals surface area contributed by atoms with E-state index in [0.29, 0.717) is 24.6 Å². The average Bonchev–Trinajstić information content (AvgIpc) is 3.12. The molecule has 0 aliphatic carbocycles. The Morgan fingerprint density at radius 3 is 2.71 bits per heavy atom. The number of nitrogens with zero attached hydrogens (tertiary/aromatic N) is 4. The number of rotatable bonds is 5. The molecule has 5 rings (SSSR count). The molecule has 3 heterocycles. The summed E-state index contributed by atoms with van der Waals surface area (Å²) in [5.41, 5.74) is 11.1. The highest BCUT2D eigenvalue weighted by Gasteiger charge is 2.23. The zero-order valence-corrected chi connectivity index (χ0v) is 17.6. The van der Waals surface area contributed by atoms with Gasteiger partial charge in [-0.05, 0) is 42.8 Å². The molecule has 7 nitrogen and oxygen atoms in total. The number of hydrogen-bond donors (Lipinski definition) is 2. The standard InChI is InChI=1S/C24H26N6O/c1-2-12-30-21-6-4-3-5-20(21)26-22(30)15-29-13-11-19-18(14-29)24(31)28-23(27-19)16-7-9-17(25)10-8-16/h3-10H,2,11-15,25H2,1H3,(H,27,28,31). The number of benzene rings is 2. The molecule has 0 radical (unpaired) electrons. The average molecular weight is 415 g/mol. The van der Waals surface area contributed by atoms with Crippen molar-refractivity contribution in [2.75, 3.05) is 12.3 Å². The number of aromatic nitrogens is 4.